The first-order valence-electron chi connectivity index (χ1n) is 3.46. The lowest BCUT2D eigenvalue weighted by atomic mass is 10.2. The summed E-state index contributed by atoms with van der Waals surface area (Å²) in [5, 5.41) is 9.02. The standard InChI is InChI=1S/C7H13NO2/c1-8(2)6-3-5(6)7(10)4-9/h4-7,10H,3H2,1-2H3. The van der Waals surface area contributed by atoms with Crippen molar-refractivity contribution in [3.63, 3.8) is 0 Å². The van der Waals surface area contributed by atoms with Crippen LogP contribution in [0.25, 0.3) is 0 Å². The molecule has 0 aliphatic heterocycles. The van der Waals surface area contributed by atoms with Crippen molar-refractivity contribution in [1.82, 2.24) is 4.90 Å². The minimum absolute atomic E-state index is 0.187. The van der Waals surface area contributed by atoms with Crippen LogP contribution in [0.4, 0.5) is 0 Å². The van der Waals surface area contributed by atoms with E-state index < -0.39 is 6.10 Å². The van der Waals surface area contributed by atoms with Gasteiger partial charge in [0.2, 0.25) is 0 Å². The molecule has 0 heterocycles. The molecule has 1 aliphatic carbocycles. The van der Waals surface area contributed by atoms with Gasteiger partial charge in [-0.15, -0.1) is 0 Å². The molecule has 1 N–H and O–H groups in total. The number of aliphatic hydroxyl groups is 1. The van der Waals surface area contributed by atoms with Crippen LogP contribution in [0, 0.1) is 5.92 Å². The number of carbonyl (C=O) groups excluding carboxylic acids is 1. The molecule has 0 amide bonds. The molecule has 10 heavy (non-hydrogen) atoms. The van der Waals surface area contributed by atoms with E-state index in [1.807, 2.05) is 19.0 Å². The number of nitrogens with zero attached hydrogens (tertiary/aromatic N) is 1. The summed E-state index contributed by atoms with van der Waals surface area (Å²) in [4.78, 5) is 12.1. The first-order chi connectivity index (χ1) is 4.66. The second-order valence-corrected chi connectivity index (χ2v) is 3.06. The maximum atomic E-state index is 10.1. The van der Waals surface area contributed by atoms with Crippen LogP contribution in [0.2, 0.25) is 0 Å². The molecule has 1 rings (SSSR count). The third-order valence-electron chi connectivity index (χ3n) is 2.05. The summed E-state index contributed by atoms with van der Waals surface area (Å²) in [5.41, 5.74) is 0. The van der Waals surface area contributed by atoms with E-state index in [0.29, 0.717) is 12.3 Å². The zero-order valence-corrected chi connectivity index (χ0v) is 6.32. The fourth-order valence-electron chi connectivity index (χ4n) is 1.26. The van der Waals surface area contributed by atoms with E-state index in [0.717, 1.165) is 6.42 Å². The van der Waals surface area contributed by atoms with Gasteiger partial charge >= 0.3 is 0 Å². The number of aldehydes is 1. The van der Waals surface area contributed by atoms with Gasteiger partial charge in [0.05, 0.1) is 0 Å². The highest BCUT2D eigenvalue weighted by Gasteiger charge is 2.43. The number of rotatable bonds is 3. The highest BCUT2D eigenvalue weighted by atomic mass is 16.3. The van der Waals surface area contributed by atoms with Crippen molar-refractivity contribution in [2.75, 3.05) is 14.1 Å². The molecule has 0 aromatic heterocycles. The van der Waals surface area contributed by atoms with E-state index in [4.69, 9.17) is 5.11 Å². The van der Waals surface area contributed by atoms with Gasteiger partial charge in [-0.3, -0.25) is 0 Å². The monoisotopic (exact) mass is 143 g/mol. The van der Waals surface area contributed by atoms with Crippen molar-refractivity contribution in [2.45, 2.75) is 18.6 Å². The Morgan fingerprint density at radius 2 is 2.30 bits per heavy atom. The predicted octanol–water partition coefficient (Wildman–Crippen LogP) is -0.504. The Labute approximate surface area is 60.6 Å². The summed E-state index contributed by atoms with van der Waals surface area (Å²) < 4.78 is 0. The molecule has 1 fully saturated rings. The molecule has 0 bridgehead atoms. The first-order valence-corrected chi connectivity index (χ1v) is 3.46. The summed E-state index contributed by atoms with van der Waals surface area (Å²) >= 11 is 0. The van der Waals surface area contributed by atoms with E-state index in [9.17, 15) is 4.79 Å². The topological polar surface area (TPSA) is 40.5 Å². The molecule has 0 aromatic rings. The number of hydrogen-bond donors (Lipinski definition) is 1. The second-order valence-electron chi connectivity index (χ2n) is 3.06. The Bertz CT molecular complexity index is 136. The second kappa shape index (κ2) is 2.68. The Hall–Kier alpha value is -0.410. The maximum Gasteiger partial charge on any atom is 0.148 e. The van der Waals surface area contributed by atoms with Crippen LogP contribution in [-0.2, 0) is 4.79 Å². The van der Waals surface area contributed by atoms with E-state index in [1.54, 1.807) is 0 Å². The van der Waals surface area contributed by atoms with Gasteiger partial charge in [-0.25, -0.2) is 0 Å². The third-order valence-corrected chi connectivity index (χ3v) is 2.05. The van der Waals surface area contributed by atoms with Gasteiger partial charge in [0.15, 0.2) is 0 Å². The first kappa shape index (κ1) is 7.69. The van der Waals surface area contributed by atoms with Crippen LogP contribution < -0.4 is 0 Å². The molecule has 3 heteroatoms. The van der Waals surface area contributed by atoms with Gasteiger partial charge in [-0.1, -0.05) is 0 Å². The fraction of sp³-hybridized carbons (Fsp3) is 0.857. The Balaban J connectivity index is 2.31. The molecule has 0 spiro atoms. The number of carbonyl (C=O) groups is 1. The summed E-state index contributed by atoms with van der Waals surface area (Å²) in [7, 11) is 3.92. The van der Waals surface area contributed by atoms with Gasteiger partial charge in [-0.2, -0.15) is 0 Å². The van der Waals surface area contributed by atoms with Crippen LogP contribution in [0.3, 0.4) is 0 Å². The molecule has 0 aromatic carbocycles. The van der Waals surface area contributed by atoms with Gasteiger partial charge < -0.3 is 14.8 Å². The lowest BCUT2D eigenvalue weighted by molar-refractivity contribution is -0.115. The van der Waals surface area contributed by atoms with Gasteiger partial charge in [0.25, 0.3) is 0 Å². The summed E-state index contributed by atoms with van der Waals surface area (Å²) in [6, 6.07) is 0.417. The van der Waals surface area contributed by atoms with E-state index in [1.165, 1.54) is 0 Å². The average Bonchev–Trinajstić information content (AvgIpc) is 2.64. The lowest BCUT2D eigenvalue weighted by Crippen LogP contribution is -2.22. The summed E-state index contributed by atoms with van der Waals surface area (Å²) in [6.07, 6.45) is 0.827. The molecule has 3 atom stereocenters. The van der Waals surface area contributed by atoms with Crippen LogP contribution >= 0.6 is 0 Å². The molecule has 3 nitrogen and oxygen atoms in total. The van der Waals surface area contributed by atoms with Gasteiger partial charge in [0.1, 0.15) is 12.4 Å². The molecular formula is C7H13NO2. The summed E-state index contributed by atoms with van der Waals surface area (Å²) in [6.45, 7) is 0. The number of aliphatic hydroxyl groups excluding tert-OH is 1. The minimum Gasteiger partial charge on any atom is -0.385 e. The Kier molecular flexibility index (Phi) is 2.06. The minimum atomic E-state index is -0.743. The van der Waals surface area contributed by atoms with E-state index in [2.05, 4.69) is 0 Å². The van der Waals surface area contributed by atoms with E-state index >= 15 is 0 Å². The Morgan fingerprint density at radius 1 is 1.70 bits per heavy atom. The molecule has 1 saturated carbocycles. The third kappa shape index (κ3) is 1.36. The van der Waals surface area contributed by atoms with Crippen molar-refractivity contribution in [2.24, 2.45) is 5.92 Å². The largest absolute Gasteiger partial charge is 0.385 e. The lowest BCUT2D eigenvalue weighted by Gasteiger charge is -2.08. The Morgan fingerprint density at radius 3 is 2.60 bits per heavy atom. The SMILES string of the molecule is CN(C)C1CC1C(O)C=O. The van der Waals surface area contributed by atoms with Gasteiger partial charge in [-0.05, 0) is 20.5 Å². The normalized spacial score (nSPS) is 34.0. The zero-order chi connectivity index (χ0) is 7.72. The van der Waals surface area contributed by atoms with Crippen LogP contribution in [0.15, 0.2) is 0 Å². The number of hydrogen-bond acceptors (Lipinski definition) is 3. The predicted molar refractivity (Wildman–Crippen MR) is 37.7 cm³/mol. The quantitative estimate of drug-likeness (QED) is 0.541. The smallest absolute Gasteiger partial charge is 0.148 e. The molecule has 3 unspecified atom stereocenters. The molecular weight excluding hydrogens is 130 g/mol. The van der Waals surface area contributed by atoms with Crippen molar-refractivity contribution in [1.29, 1.82) is 0 Å². The van der Waals surface area contributed by atoms with E-state index in [-0.39, 0.29) is 5.92 Å². The molecule has 0 radical (unpaired) electrons. The highest BCUT2D eigenvalue weighted by Crippen LogP contribution is 2.36. The molecule has 58 valence electrons. The average molecular weight is 143 g/mol. The van der Waals surface area contributed by atoms with Crippen LogP contribution in [0.1, 0.15) is 6.42 Å². The maximum absolute atomic E-state index is 10.1. The molecule has 0 saturated heterocycles. The fourth-order valence-corrected chi connectivity index (χ4v) is 1.26. The zero-order valence-electron chi connectivity index (χ0n) is 6.32. The van der Waals surface area contributed by atoms with Crippen molar-refractivity contribution < 1.29 is 9.90 Å². The van der Waals surface area contributed by atoms with Crippen molar-refractivity contribution in [3.05, 3.63) is 0 Å². The van der Waals surface area contributed by atoms with Crippen LogP contribution in [-0.4, -0.2) is 42.5 Å². The molecule has 1 aliphatic rings. The van der Waals surface area contributed by atoms with Crippen molar-refractivity contribution >= 4 is 6.29 Å². The van der Waals surface area contributed by atoms with Gasteiger partial charge in [0, 0.05) is 12.0 Å². The van der Waals surface area contributed by atoms with Crippen LogP contribution in [0.5, 0.6) is 0 Å². The highest BCUT2D eigenvalue weighted by molar-refractivity contribution is 5.57. The summed E-state index contributed by atoms with van der Waals surface area (Å²) in [5.74, 6) is 0.187. The van der Waals surface area contributed by atoms with Crippen molar-refractivity contribution in [3.8, 4) is 0 Å².